The molecule has 1 saturated carbocycles. The van der Waals surface area contributed by atoms with Crippen molar-refractivity contribution >= 4 is 17.4 Å². The van der Waals surface area contributed by atoms with Crippen molar-refractivity contribution in [3.8, 4) is 0 Å². The van der Waals surface area contributed by atoms with Crippen molar-refractivity contribution in [3.05, 3.63) is 34.4 Å². The first-order valence-electron chi connectivity index (χ1n) is 5.62. The highest BCUT2D eigenvalue weighted by atomic mass is 16.6. The van der Waals surface area contributed by atoms with Crippen molar-refractivity contribution < 1.29 is 9.72 Å². The molecule has 0 unspecified atom stereocenters. The van der Waals surface area contributed by atoms with Crippen molar-refractivity contribution in [1.29, 1.82) is 0 Å². The van der Waals surface area contributed by atoms with Gasteiger partial charge in [0.15, 0.2) is 0 Å². The number of anilines is 1. The van der Waals surface area contributed by atoms with Gasteiger partial charge in [0.05, 0.1) is 4.92 Å². The summed E-state index contributed by atoms with van der Waals surface area (Å²) < 4.78 is 0. The van der Waals surface area contributed by atoms with Crippen molar-refractivity contribution in [2.75, 3.05) is 5.32 Å². The van der Waals surface area contributed by atoms with Crippen molar-refractivity contribution in [2.24, 2.45) is 5.73 Å². The summed E-state index contributed by atoms with van der Waals surface area (Å²) in [5.74, 6) is 0. The van der Waals surface area contributed by atoms with Crippen LogP contribution < -0.4 is 16.4 Å². The van der Waals surface area contributed by atoms with Gasteiger partial charge in [-0.1, -0.05) is 6.07 Å². The average molecular weight is 250 g/mol. The minimum absolute atomic E-state index is 0.0570. The van der Waals surface area contributed by atoms with Gasteiger partial charge in [0.25, 0.3) is 5.69 Å². The summed E-state index contributed by atoms with van der Waals surface area (Å²) in [5, 5.41) is 15.9. The number of nitro groups is 1. The molecule has 96 valence electrons. The molecule has 1 fully saturated rings. The normalized spacial score (nSPS) is 21.8. The zero-order chi connectivity index (χ0) is 13.1. The van der Waals surface area contributed by atoms with Crippen LogP contribution in [0.1, 0.15) is 12.8 Å². The Hall–Kier alpha value is -2.15. The fourth-order valence-electron chi connectivity index (χ4n) is 1.83. The number of carbonyl (C=O) groups excluding carboxylic acids is 1. The molecule has 1 aliphatic carbocycles. The first kappa shape index (κ1) is 12.3. The molecule has 18 heavy (non-hydrogen) atoms. The molecule has 0 bridgehead atoms. The van der Waals surface area contributed by atoms with Gasteiger partial charge in [-0.15, -0.1) is 0 Å². The molecule has 1 aromatic rings. The Balaban J connectivity index is 1.90. The number of rotatable bonds is 3. The number of hydrogen-bond acceptors (Lipinski definition) is 4. The SMILES string of the molecule is NC1CC(NC(=O)Nc2cccc([N+](=O)[O-])c2)C1. The molecule has 0 aromatic heterocycles. The van der Waals surface area contributed by atoms with Gasteiger partial charge in [0, 0.05) is 29.9 Å². The van der Waals surface area contributed by atoms with Crippen LogP contribution >= 0.6 is 0 Å². The minimum atomic E-state index is -0.506. The zero-order valence-corrected chi connectivity index (χ0v) is 9.63. The number of amides is 2. The molecule has 1 aliphatic rings. The number of carbonyl (C=O) groups is 1. The molecule has 7 nitrogen and oxygen atoms in total. The molecule has 2 amide bonds. The van der Waals surface area contributed by atoms with Crippen LogP contribution in [0.2, 0.25) is 0 Å². The number of benzene rings is 1. The summed E-state index contributed by atoms with van der Waals surface area (Å²) in [6.07, 6.45) is 1.53. The maximum Gasteiger partial charge on any atom is 0.319 e. The fraction of sp³-hybridized carbons (Fsp3) is 0.364. The smallest absolute Gasteiger partial charge is 0.319 e. The summed E-state index contributed by atoms with van der Waals surface area (Å²) >= 11 is 0. The van der Waals surface area contributed by atoms with Gasteiger partial charge in [0.2, 0.25) is 0 Å². The molecule has 0 spiro atoms. The van der Waals surface area contributed by atoms with E-state index in [1.807, 2.05) is 0 Å². The lowest BCUT2D eigenvalue weighted by molar-refractivity contribution is -0.384. The van der Waals surface area contributed by atoms with Crippen LogP contribution in [0.3, 0.4) is 0 Å². The Kier molecular flexibility index (Phi) is 3.42. The van der Waals surface area contributed by atoms with Crippen molar-refractivity contribution in [1.82, 2.24) is 5.32 Å². The largest absolute Gasteiger partial charge is 0.335 e. The predicted octanol–water partition coefficient (Wildman–Crippen LogP) is 1.21. The second-order valence-corrected chi connectivity index (χ2v) is 4.33. The van der Waals surface area contributed by atoms with Gasteiger partial charge in [-0.05, 0) is 18.9 Å². The molecule has 7 heteroatoms. The van der Waals surface area contributed by atoms with E-state index in [1.54, 1.807) is 6.07 Å². The van der Waals surface area contributed by atoms with Crippen LogP contribution in [0.4, 0.5) is 16.2 Å². The predicted molar refractivity (Wildman–Crippen MR) is 66.2 cm³/mol. The molecule has 0 aliphatic heterocycles. The first-order valence-corrected chi connectivity index (χ1v) is 5.62. The summed E-state index contributed by atoms with van der Waals surface area (Å²) in [5.41, 5.74) is 5.94. The Morgan fingerprint density at radius 1 is 1.44 bits per heavy atom. The average Bonchev–Trinajstić information content (AvgIpc) is 2.27. The Bertz CT molecular complexity index is 471. The van der Waals surface area contributed by atoms with E-state index in [0.717, 1.165) is 12.8 Å². The molecule has 0 saturated heterocycles. The van der Waals surface area contributed by atoms with E-state index in [0.29, 0.717) is 5.69 Å². The summed E-state index contributed by atoms with van der Waals surface area (Å²) in [4.78, 5) is 21.6. The second-order valence-electron chi connectivity index (χ2n) is 4.33. The molecule has 0 atom stereocenters. The second kappa shape index (κ2) is 5.01. The number of nitrogens with two attached hydrogens (primary N) is 1. The summed E-state index contributed by atoms with van der Waals surface area (Å²) in [7, 11) is 0. The van der Waals surface area contributed by atoms with Gasteiger partial charge >= 0.3 is 6.03 Å². The van der Waals surface area contributed by atoms with Crippen LogP contribution in [0, 0.1) is 10.1 Å². The number of nitrogens with one attached hydrogen (secondary N) is 2. The molecule has 1 aromatic carbocycles. The van der Waals surface area contributed by atoms with Crippen LogP contribution in [-0.4, -0.2) is 23.0 Å². The topological polar surface area (TPSA) is 110 Å². The lowest BCUT2D eigenvalue weighted by Crippen LogP contribution is -2.51. The standard InChI is InChI=1S/C11H14N4O3/c12-7-4-9(5-7)14-11(16)13-8-2-1-3-10(6-8)15(17)18/h1-3,6-7,9H,4-5,12H2,(H2,13,14,16). The van der Waals surface area contributed by atoms with E-state index >= 15 is 0 Å². The van der Waals surface area contributed by atoms with Gasteiger partial charge in [-0.3, -0.25) is 10.1 Å². The third-order valence-electron chi connectivity index (χ3n) is 2.82. The van der Waals surface area contributed by atoms with E-state index in [1.165, 1.54) is 18.2 Å². The van der Waals surface area contributed by atoms with E-state index in [9.17, 15) is 14.9 Å². The van der Waals surface area contributed by atoms with Crippen molar-refractivity contribution in [2.45, 2.75) is 24.9 Å². The maximum atomic E-state index is 11.6. The van der Waals surface area contributed by atoms with Crippen LogP contribution in [0.25, 0.3) is 0 Å². The van der Waals surface area contributed by atoms with Gasteiger partial charge < -0.3 is 16.4 Å². The lowest BCUT2D eigenvalue weighted by Gasteiger charge is -2.32. The highest BCUT2D eigenvalue weighted by Crippen LogP contribution is 2.19. The third-order valence-corrected chi connectivity index (χ3v) is 2.82. The Morgan fingerprint density at radius 3 is 2.78 bits per heavy atom. The monoisotopic (exact) mass is 250 g/mol. The number of nitrogens with zero attached hydrogens (tertiary/aromatic N) is 1. The zero-order valence-electron chi connectivity index (χ0n) is 9.63. The number of non-ortho nitro benzene ring substituents is 1. The van der Waals surface area contributed by atoms with Gasteiger partial charge in [0.1, 0.15) is 0 Å². The number of nitro benzene ring substituents is 1. The van der Waals surface area contributed by atoms with Crippen LogP contribution in [0.5, 0.6) is 0 Å². The van der Waals surface area contributed by atoms with Crippen LogP contribution in [-0.2, 0) is 0 Å². The number of urea groups is 1. The van der Waals surface area contributed by atoms with Crippen molar-refractivity contribution in [3.63, 3.8) is 0 Å². The molecular formula is C11H14N4O3. The first-order chi connectivity index (χ1) is 8.54. The van der Waals surface area contributed by atoms with Gasteiger partial charge in [-0.25, -0.2) is 4.79 Å². The lowest BCUT2D eigenvalue weighted by atomic mass is 9.88. The van der Waals surface area contributed by atoms with Crippen LogP contribution in [0.15, 0.2) is 24.3 Å². The Labute approximate surface area is 104 Å². The van der Waals surface area contributed by atoms with E-state index in [4.69, 9.17) is 5.73 Å². The van der Waals surface area contributed by atoms with E-state index < -0.39 is 4.92 Å². The fourth-order valence-corrected chi connectivity index (χ4v) is 1.83. The van der Waals surface area contributed by atoms with E-state index in [-0.39, 0.29) is 23.8 Å². The summed E-state index contributed by atoms with van der Waals surface area (Å²) in [6, 6.07) is 5.69. The third kappa shape index (κ3) is 2.95. The molecular weight excluding hydrogens is 236 g/mol. The quantitative estimate of drug-likeness (QED) is 0.553. The van der Waals surface area contributed by atoms with E-state index in [2.05, 4.69) is 10.6 Å². The minimum Gasteiger partial charge on any atom is -0.335 e. The molecule has 2 rings (SSSR count). The Morgan fingerprint density at radius 2 is 2.17 bits per heavy atom. The molecule has 4 N–H and O–H groups in total. The highest BCUT2D eigenvalue weighted by Gasteiger charge is 2.27. The molecule has 0 heterocycles. The highest BCUT2D eigenvalue weighted by molar-refractivity contribution is 5.89. The summed E-state index contributed by atoms with van der Waals surface area (Å²) in [6.45, 7) is 0. The van der Waals surface area contributed by atoms with Gasteiger partial charge in [-0.2, -0.15) is 0 Å². The number of hydrogen-bond donors (Lipinski definition) is 3. The maximum absolute atomic E-state index is 11.6. The molecule has 0 radical (unpaired) electrons.